The van der Waals surface area contributed by atoms with Gasteiger partial charge >= 0.3 is 5.97 Å². The number of fused-ring (bicyclic) bond motifs is 1. The minimum Gasteiger partial charge on any atom is -0.481 e. The van der Waals surface area contributed by atoms with Crippen molar-refractivity contribution in [3.05, 3.63) is 29.7 Å². The third-order valence-electron chi connectivity index (χ3n) is 3.16. The summed E-state index contributed by atoms with van der Waals surface area (Å²) in [6, 6.07) is 3.56. The molecular weight excluding hydrogens is 234 g/mol. The van der Waals surface area contributed by atoms with Crippen molar-refractivity contribution in [1.29, 1.82) is 0 Å². The monoisotopic (exact) mass is 245 g/mol. The molecule has 0 fully saturated rings. The van der Waals surface area contributed by atoms with E-state index < -0.39 is 11.9 Å². The second-order valence-corrected chi connectivity index (χ2v) is 4.24. The first kappa shape index (κ1) is 10.8. The van der Waals surface area contributed by atoms with Crippen LogP contribution in [-0.2, 0) is 11.2 Å². The van der Waals surface area contributed by atoms with Gasteiger partial charge in [0.2, 0.25) is 0 Å². The van der Waals surface area contributed by atoms with Gasteiger partial charge in [-0.1, -0.05) is 6.07 Å². The Morgan fingerprint density at radius 2 is 2.33 bits per heavy atom. The van der Waals surface area contributed by atoms with Crippen LogP contribution in [0.25, 0.3) is 5.82 Å². The summed E-state index contributed by atoms with van der Waals surface area (Å²) in [6.07, 6.45) is 3.78. The van der Waals surface area contributed by atoms with E-state index in [-0.39, 0.29) is 0 Å². The minimum atomic E-state index is -0.784. The number of pyridine rings is 1. The van der Waals surface area contributed by atoms with E-state index in [1.165, 1.54) is 11.0 Å². The van der Waals surface area contributed by atoms with E-state index in [1.54, 1.807) is 6.07 Å². The maximum atomic E-state index is 11.2. The van der Waals surface area contributed by atoms with Gasteiger partial charge in [0.25, 0.3) is 0 Å². The summed E-state index contributed by atoms with van der Waals surface area (Å²) < 4.78 is 1.46. The molecule has 2 aromatic rings. The highest BCUT2D eigenvalue weighted by molar-refractivity contribution is 5.76. The Morgan fingerprint density at radius 1 is 1.44 bits per heavy atom. The van der Waals surface area contributed by atoms with Crippen LogP contribution in [0, 0.1) is 0 Å². The molecule has 2 aromatic heterocycles. The predicted octanol–water partition coefficient (Wildman–Crippen LogP) is 0.562. The molecule has 0 saturated heterocycles. The molecule has 0 spiro atoms. The van der Waals surface area contributed by atoms with Gasteiger partial charge in [-0.2, -0.15) is 4.68 Å². The van der Waals surface area contributed by atoms with E-state index >= 15 is 0 Å². The lowest BCUT2D eigenvalue weighted by Crippen LogP contribution is -2.19. The molecule has 1 aliphatic rings. The zero-order valence-electron chi connectivity index (χ0n) is 9.52. The summed E-state index contributed by atoms with van der Waals surface area (Å²) in [4.78, 5) is 15.6. The Morgan fingerprint density at radius 3 is 3.06 bits per heavy atom. The maximum absolute atomic E-state index is 11.2. The van der Waals surface area contributed by atoms with Crippen molar-refractivity contribution in [3.63, 3.8) is 0 Å². The van der Waals surface area contributed by atoms with Gasteiger partial charge in [-0.15, -0.1) is 5.10 Å². The molecule has 1 aliphatic carbocycles. The first-order valence-electron chi connectivity index (χ1n) is 5.71. The molecule has 7 nitrogen and oxygen atoms in total. The fraction of sp³-hybridized carbons (Fsp3) is 0.364. The van der Waals surface area contributed by atoms with Crippen LogP contribution in [0.4, 0.5) is 0 Å². The van der Waals surface area contributed by atoms with E-state index in [0.717, 1.165) is 24.1 Å². The summed E-state index contributed by atoms with van der Waals surface area (Å²) in [7, 11) is 0. The van der Waals surface area contributed by atoms with Crippen molar-refractivity contribution in [2.24, 2.45) is 0 Å². The van der Waals surface area contributed by atoms with Crippen LogP contribution in [-0.4, -0.2) is 36.3 Å². The fourth-order valence-electron chi connectivity index (χ4n) is 2.30. The van der Waals surface area contributed by atoms with Crippen molar-refractivity contribution in [2.45, 2.75) is 25.2 Å². The average Bonchev–Trinajstić information content (AvgIpc) is 2.91. The summed E-state index contributed by atoms with van der Waals surface area (Å²) >= 11 is 0. The van der Waals surface area contributed by atoms with E-state index in [1.807, 2.05) is 6.07 Å². The first-order chi connectivity index (χ1) is 8.75. The highest BCUT2D eigenvalue weighted by atomic mass is 16.4. The van der Waals surface area contributed by atoms with Crippen LogP contribution in [0.3, 0.4) is 0 Å². The Bertz CT molecular complexity index is 581. The number of hydrogen-bond donors (Lipinski definition) is 1. The van der Waals surface area contributed by atoms with Crippen LogP contribution >= 0.6 is 0 Å². The summed E-state index contributed by atoms with van der Waals surface area (Å²) in [5.74, 6) is -0.609. The van der Waals surface area contributed by atoms with Crippen LogP contribution in [0.2, 0.25) is 0 Å². The Kier molecular flexibility index (Phi) is 2.51. The highest BCUT2D eigenvalue weighted by Crippen LogP contribution is 2.31. The van der Waals surface area contributed by atoms with Crippen molar-refractivity contribution in [3.8, 4) is 5.82 Å². The van der Waals surface area contributed by atoms with Crippen LogP contribution in [0.5, 0.6) is 0 Å². The van der Waals surface area contributed by atoms with Gasteiger partial charge in [0.1, 0.15) is 6.33 Å². The topological polar surface area (TPSA) is 93.8 Å². The van der Waals surface area contributed by atoms with Crippen molar-refractivity contribution < 1.29 is 9.90 Å². The molecule has 1 atom stereocenters. The number of aliphatic carboxylic acids is 1. The summed E-state index contributed by atoms with van der Waals surface area (Å²) in [5.41, 5.74) is 1.65. The Hall–Kier alpha value is -2.31. The standard InChI is InChI=1S/C11H11N5O2/c17-11(18)8-2-1-3-9-7(8)4-5-10(13-9)16-6-12-14-15-16/h4-6,8H,1-3H2,(H,17,18)/t8-/m0/s1. The normalized spacial score (nSPS) is 18.3. The summed E-state index contributed by atoms with van der Waals surface area (Å²) in [6.45, 7) is 0. The van der Waals surface area contributed by atoms with Crippen molar-refractivity contribution in [1.82, 2.24) is 25.2 Å². The van der Waals surface area contributed by atoms with Crippen molar-refractivity contribution in [2.75, 3.05) is 0 Å². The number of carboxylic acid groups (broad SMARTS) is 1. The van der Waals surface area contributed by atoms with Gasteiger partial charge in [0.05, 0.1) is 5.92 Å². The molecule has 0 aromatic carbocycles. The van der Waals surface area contributed by atoms with Crippen LogP contribution < -0.4 is 0 Å². The summed E-state index contributed by atoms with van der Waals surface area (Å²) in [5, 5.41) is 20.0. The van der Waals surface area contributed by atoms with Gasteiger partial charge in [0.15, 0.2) is 5.82 Å². The molecule has 18 heavy (non-hydrogen) atoms. The smallest absolute Gasteiger partial charge is 0.311 e. The lowest BCUT2D eigenvalue weighted by atomic mass is 9.86. The van der Waals surface area contributed by atoms with Crippen molar-refractivity contribution >= 4 is 5.97 Å². The van der Waals surface area contributed by atoms with Gasteiger partial charge < -0.3 is 5.11 Å². The average molecular weight is 245 g/mol. The number of carboxylic acids is 1. The molecule has 3 rings (SSSR count). The SMILES string of the molecule is O=C(O)[C@H]1CCCc2nc(-n3cnnn3)ccc21. The second-order valence-electron chi connectivity index (χ2n) is 4.24. The molecule has 0 radical (unpaired) electrons. The maximum Gasteiger partial charge on any atom is 0.311 e. The molecule has 2 heterocycles. The van der Waals surface area contributed by atoms with Gasteiger partial charge in [-0.25, -0.2) is 4.98 Å². The number of aryl methyl sites for hydroxylation is 1. The minimum absolute atomic E-state index is 0.441. The molecule has 0 bridgehead atoms. The van der Waals surface area contributed by atoms with E-state index in [9.17, 15) is 9.90 Å². The lowest BCUT2D eigenvalue weighted by Gasteiger charge is -2.21. The number of aromatic nitrogens is 5. The Balaban J connectivity index is 2.03. The quantitative estimate of drug-likeness (QED) is 0.830. The predicted molar refractivity (Wildman–Crippen MR) is 60.3 cm³/mol. The molecule has 7 heteroatoms. The van der Waals surface area contributed by atoms with Gasteiger partial charge in [-0.05, 0) is 41.3 Å². The Labute approximate surface area is 102 Å². The molecule has 0 aliphatic heterocycles. The fourth-order valence-corrected chi connectivity index (χ4v) is 2.30. The van der Waals surface area contributed by atoms with E-state index in [0.29, 0.717) is 12.2 Å². The van der Waals surface area contributed by atoms with Gasteiger partial charge in [-0.3, -0.25) is 4.79 Å². The zero-order valence-corrected chi connectivity index (χ0v) is 9.52. The van der Waals surface area contributed by atoms with Crippen LogP contribution in [0.15, 0.2) is 18.5 Å². The first-order valence-corrected chi connectivity index (χ1v) is 5.71. The lowest BCUT2D eigenvalue weighted by molar-refractivity contribution is -0.139. The third kappa shape index (κ3) is 1.73. The third-order valence-corrected chi connectivity index (χ3v) is 3.16. The second kappa shape index (κ2) is 4.17. The number of nitrogens with zero attached hydrogens (tertiary/aromatic N) is 5. The number of hydrogen-bond acceptors (Lipinski definition) is 5. The van der Waals surface area contributed by atoms with Crippen LogP contribution in [0.1, 0.15) is 30.0 Å². The largest absolute Gasteiger partial charge is 0.481 e. The molecule has 92 valence electrons. The molecule has 0 amide bonds. The zero-order chi connectivity index (χ0) is 12.5. The molecule has 0 unspecified atom stereocenters. The number of carbonyl (C=O) groups is 1. The molecular formula is C11H11N5O2. The van der Waals surface area contributed by atoms with E-state index in [4.69, 9.17) is 0 Å². The highest BCUT2D eigenvalue weighted by Gasteiger charge is 2.27. The number of rotatable bonds is 2. The number of tetrazole rings is 1. The van der Waals surface area contributed by atoms with E-state index in [2.05, 4.69) is 20.5 Å². The molecule has 0 saturated carbocycles. The molecule has 1 N–H and O–H groups in total. The van der Waals surface area contributed by atoms with Gasteiger partial charge in [0, 0.05) is 5.69 Å².